The van der Waals surface area contributed by atoms with E-state index in [0.717, 1.165) is 5.76 Å². The highest BCUT2D eigenvalue weighted by atomic mass is 16.6. The summed E-state index contributed by atoms with van der Waals surface area (Å²) in [4.78, 5) is 17.9. The maximum absolute atomic E-state index is 11.0. The Morgan fingerprint density at radius 2 is 2.21 bits per heavy atom. The monoisotopic (exact) mass is 264 g/mol. The number of nitrogens with zero attached hydrogens (tertiary/aromatic N) is 3. The molecule has 2 aromatic rings. The lowest BCUT2D eigenvalue weighted by molar-refractivity contribution is -0.383. The van der Waals surface area contributed by atoms with E-state index in [4.69, 9.17) is 10.3 Å². The smallest absolute Gasteiger partial charge is 0.354 e. The van der Waals surface area contributed by atoms with Gasteiger partial charge >= 0.3 is 5.69 Å². The molecule has 0 saturated heterocycles. The van der Waals surface area contributed by atoms with Gasteiger partial charge in [0.25, 0.3) is 0 Å². The van der Waals surface area contributed by atoms with E-state index in [1.165, 1.54) is 6.33 Å². The van der Waals surface area contributed by atoms with Crippen molar-refractivity contribution in [3.05, 3.63) is 40.6 Å². The van der Waals surface area contributed by atoms with Gasteiger partial charge in [0, 0.05) is 13.0 Å². The average Bonchev–Trinajstić information content (AvgIpc) is 2.91. The zero-order valence-electron chi connectivity index (χ0n) is 9.87. The van der Waals surface area contributed by atoms with E-state index in [1.807, 2.05) is 6.07 Å². The molecule has 0 fully saturated rings. The highest BCUT2D eigenvalue weighted by molar-refractivity contribution is 5.68. The maximum Gasteiger partial charge on any atom is 0.354 e. The van der Waals surface area contributed by atoms with Gasteiger partial charge in [-0.1, -0.05) is 0 Å². The van der Waals surface area contributed by atoms with Crippen LogP contribution >= 0.6 is 0 Å². The summed E-state index contributed by atoms with van der Waals surface area (Å²) < 4.78 is 5.16. The Balaban J connectivity index is 2.09. The van der Waals surface area contributed by atoms with Crippen LogP contribution in [0.3, 0.4) is 0 Å². The first kappa shape index (κ1) is 12.8. The molecular weight excluding hydrogens is 252 g/mol. The van der Waals surface area contributed by atoms with E-state index < -0.39 is 4.92 Å². The van der Waals surface area contributed by atoms with Gasteiger partial charge in [-0.2, -0.15) is 0 Å². The van der Waals surface area contributed by atoms with Crippen LogP contribution in [-0.4, -0.2) is 21.4 Å². The quantitative estimate of drug-likeness (QED) is 0.398. The number of hydrogen-bond acceptors (Lipinski definition) is 8. The van der Waals surface area contributed by atoms with Crippen LogP contribution in [0.15, 0.2) is 29.1 Å². The first-order chi connectivity index (χ1) is 9.22. The molecule has 0 amide bonds. The number of nitro groups is 1. The van der Waals surface area contributed by atoms with Crippen molar-refractivity contribution in [3.63, 3.8) is 0 Å². The summed E-state index contributed by atoms with van der Waals surface area (Å²) in [6, 6.07) is 3.60. The van der Waals surface area contributed by atoms with Crippen molar-refractivity contribution in [2.24, 2.45) is 5.84 Å². The summed E-state index contributed by atoms with van der Waals surface area (Å²) in [7, 11) is 0. The van der Waals surface area contributed by atoms with Crippen LogP contribution in [-0.2, 0) is 6.42 Å². The molecule has 4 N–H and O–H groups in total. The van der Waals surface area contributed by atoms with Crippen LogP contribution in [0.5, 0.6) is 0 Å². The largest absolute Gasteiger partial charge is 0.469 e. The fraction of sp³-hybridized carbons (Fsp3) is 0.200. The number of furan rings is 1. The molecule has 2 aromatic heterocycles. The Bertz CT molecular complexity index is 556. The number of nitrogens with one attached hydrogen (secondary N) is 2. The van der Waals surface area contributed by atoms with E-state index in [9.17, 15) is 10.1 Å². The molecule has 0 bridgehead atoms. The van der Waals surface area contributed by atoms with Gasteiger partial charge in [0.2, 0.25) is 11.6 Å². The normalized spacial score (nSPS) is 10.2. The second-order valence-corrected chi connectivity index (χ2v) is 3.58. The molecule has 0 saturated carbocycles. The standard InChI is InChI=1S/C10H12N6O3/c11-15-10-8(16(17)18)9(13-6-14-10)12-4-3-7-2-1-5-19-7/h1-2,5-6H,3-4,11H2,(H2,12,13,14,15). The average molecular weight is 264 g/mol. The van der Waals surface area contributed by atoms with Gasteiger partial charge in [-0.15, -0.1) is 0 Å². The van der Waals surface area contributed by atoms with E-state index in [0.29, 0.717) is 13.0 Å². The Hall–Kier alpha value is -2.68. The molecule has 0 unspecified atom stereocenters. The lowest BCUT2D eigenvalue weighted by Gasteiger charge is -2.07. The van der Waals surface area contributed by atoms with Crippen molar-refractivity contribution in [2.45, 2.75) is 6.42 Å². The summed E-state index contributed by atoms with van der Waals surface area (Å²) in [5.74, 6) is 6.02. The minimum Gasteiger partial charge on any atom is -0.469 e. The summed E-state index contributed by atoms with van der Waals surface area (Å²) in [5.41, 5.74) is 1.88. The molecule has 0 aliphatic carbocycles. The van der Waals surface area contributed by atoms with Crippen molar-refractivity contribution in [2.75, 3.05) is 17.3 Å². The van der Waals surface area contributed by atoms with Crippen LogP contribution in [0.2, 0.25) is 0 Å². The van der Waals surface area contributed by atoms with Crippen LogP contribution in [0.25, 0.3) is 0 Å². The van der Waals surface area contributed by atoms with E-state index >= 15 is 0 Å². The Labute approximate surface area is 108 Å². The van der Waals surface area contributed by atoms with Gasteiger partial charge in [-0.25, -0.2) is 15.8 Å². The fourth-order valence-electron chi connectivity index (χ4n) is 1.55. The molecule has 0 aromatic carbocycles. The number of nitrogens with two attached hydrogens (primary N) is 1. The van der Waals surface area contributed by atoms with Gasteiger partial charge in [-0.05, 0) is 12.1 Å². The number of nitrogen functional groups attached to an aromatic ring is 1. The first-order valence-electron chi connectivity index (χ1n) is 5.44. The molecule has 2 rings (SSSR count). The lowest BCUT2D eigenvalue weighted by atomic mass is 10.3. The second-order valence-electron chi connectivity index (χ2n) is 3.58. The third-order valence-corrected chi connectivity index (χ3v) is 2.39. The molecule has 9 heteroatoms. The summed E-state index contributed by atoms with van der Waals surface area (Å²) in [6.07, 6.45) is 3.34. The highest BCUT2D eigenvalue weighted by Crippen LogP contribution is 2.27. The molecular formula is C10H12N6O3. The second kappa shape index (κ2) is 5.78. The molecule has 0 aliphatic rings. The van der Waals surface area contributed by atoms with Gasteiger partial charge < -0.3 is 15.2 Å². The van der Waals surface area contributed by atoms with E-state index in [2.05, 4.69) is 20.7 Å². The van der Waals surface area contributed by atoms with E-state index in [-0.39, 0.29) is 17.3 Å². The third-order valence-electron chi connectivity index (χ3n) is 2.39. The Kier molecular flexibility index (Phi) is 3.88. The molecule has 2 heterocycles. The van der Waals surface area contributed by atoms with Gasteiger partial charge in [0.15, 0.2) is 0 Å². The molecule has 9 nitrogen and oxygen atoms in total. The van der Waals surface area contributed by atoms with Crippen molar-refractivity contribution in [1.82, 2.24) is 9.97 Å². The van der Waals surface area contributed by atoms with Crippen molar-refractivity contribution in [3.8, 4) is 0 Å². The van der Waals surface area contributed by atoms with Crippen LogP contribution < -0.4 is 16.6 Å². The number of hydrogen-bond donors (Lipinski definition) is 3. The van der Waals surface area contributed by atoms with Crippen LogP contribution in [0, 0.1) is 10.1 Å². The molecule has 19 heavy (non-hydrogen) atoms. The number of hydrazine groups is 1. The Morgan fingerprint density at radius 1 is 1.42 bits per heavy atom. The first-order valence-corrected chi connectivity index (χ1v) is 5.44. The summed E-state index contributed by atoms with van der Waals surface area (Å²) >= 11 is 0. The fourth-order valence-corrected chi connectivity index (χ4v) is 1.55. The predicted molar refractivity (Wildman–Crippen MR) is 67.4 cm³/mol. The van der Waals surface area contributed by atoms with Crippen LogP contribution in [0.4, 0.5) is 17.3 Å². The zero-order valence-corrected chi connectivity index (χ0v) is 9.87. The minimum atomic E-state index is -0.593. The molecule has 0 radical (unpaired) electrons. The summed E-state index contributed by atoms with van der Waals surface area (Å²) in [5, 5.41) is 13.8. The number of rotatable bonds is 6. The number of anilines is 2. The maximum atomic E-state index is 11.0. The molecule has 0 spiro atoms. The lowest BCUT2D eigenvalue weighted by Crippen LogP contribution is -2.14. The highest BCUT2D eigenvalue weighted by Gasteiger charge is 2.21. The topological polar surface area (TPSA) is 132 Å². The predicted octanol–water partition coefficient (Wildman–Crippen LogP) is 0.918. The van der Waals surface area contributed by atoms with Crippen molar-refractivity contribution < 1.29 is 9.34 Å². The zero-order chi connectivity index (χ0) is 13.7. The van der Waals surface area contributed by atoms with E-state index in [1.54, 1.807) is 12.3 Å². The molecule has 0 aliphatic heterocycles. The third kappa shape index (κ3) is 2.96. The molecule has 0 atom stereocenters. The minimum absolute atomic E-state index is 0.0412. The van der Waals surface area contributed by atoms with Crippen molar-refractivity contribution >= 4 is 17.3 Å². The van der Waals surface area contributed by atoms with Crippen molar-refractivity contribution in [1.29, 1.82) is 0 Å². The SMILES string of the molecule is NNc1ncnc(NCCc2ccco2)c1[N+](=O)[O-]. The van der Waals surface area contributed by atoms with Gasteiger partial charge in [-0.3, -0.25) is 10.1 Å². The molecule has 100 valence electrons. The number of aromatic nitrogens is 2. The van der Waals surface area contributed by atoms with Gasteiger partial charge in [0.1, 0.15) is 12.1 Å². The summed E-state index contributed by atoms with van der Waals surface area (Å²) in [6.45, 7) is 0.440. The van der Waals surface area contributed by atoms with Crippen LogP contribution in [0.1, 0.15) is 5.76 Å². The Morgan fingerprint density at radius 3 is 2.84 bits per heavy atom. The van der Waals surface area contributed by atoms with Gasteiger partial charge in [0.05, 0.1) is 11.2 Å².